The normalized spacial score (nSPS) is 10.8. The van der Waals surface area contributed by atoms with Crippen molar-refractivity contribution in [2.45, 2.75) is 26.3 Å². The molecule has 0 radical (unpaired) electrons. The van der Waals surface area contributed by atoms with E-state index in [2.05, 4.69) is 11.9 Å². The Balaban J connectivity index is 3.93. The van der Waals surface area contributed by atoms with E-state index < -0.39 is 0 Å². The van der Waals surface area contributed by atoms with E-state index in [0.29, 0.717) is 0 Å². The number of hydrogen-bond acceptors (Lipinski definition) is 1. The molecule has 0 atom stereocenters. The van der Waals surface area contributed by atoms with Crippen LogP contribution in [0.4, 0.5) is 0 Å². The van der Waals surface area contributed by atoms with Crippen molar-refractivity contribution in [3.05, 3.63) is 11.6 Å². The monoisotopic (exact) mass is 161 g/mol. The van der Waals surface area contributed by atoms with Gasteiger partial charge in [0.15, 0.2) is 0 Å². The number of nitrogens with one attached hydrogen (secondary N) is 1. The Morgan fingerprint density at radius 2 is 1.90 bits per heavy atom. The van der Waals surface area contributed by atoms with Gasteiger partial charge in [-0.15, -0.1) is 0 Å². The largest absolute Gasteiger partial charge is 0.347 e. The molecule has 0 fully saturated rings. The van der Waals surface area contributed by atoms with Crippen molar-refractivity contribution < 1.29 is 4.79 Å². The van der Waals surface area contributed by atoms with Gasteiger partial charge in [0.05, 0.1) is 5.03 Å². The summed E-state index contributed by atoms with van der Waals surface area (Å²) in [5.41, 5.74) is -0.241. The minimum atomic E-state index is -0.311. The van der Waals surface area contributed by atoms with Gasteiger partial charge in [-0.2, -0.15) is 0 Å². The third-order valence-electron chi connectivity index (χ3n) is 0.735. The van der Waals surface area contributed by atoms with Crippen LogP contribution in [0.1, 0.15) is 20.8 Å². The molecule has 1 amide bonds. The third kappa shape index (κ3) is 4.39. The van der Waals surface area contributed by atoms with Gasteiger partial charge in [-0.1, -0.05) is 18.2 Å². The Labute approximate surface area is 66.3 Å². The summed E-state index contributed by atoms with van der Waals surface area (Å²) in [6, 6.07) is 0. The fraction of sp³-hybridized carbons (Fsp3) is 0.571. The maximum Gasteiger partial charge on any atom is 0.262 e. The molecule has 58 valence electrons. The summed E-state index contributed by atoms with van der Waals surface area (Å²) in [7, 11) is 0. The zero-order valence-corrected chi connectivity index (χ0v) is 7.25. The number of carbonyl (C=O) groups excluding carboxylic acids is 1. The smallest absolute Gasteiger partial charge is 0.262 e. The number of amides is 1. The zero-order chi connectivity index (χ0) is 8.36. The topological polar surface area (TPSA) is 29.1 Å². The van der Waals surface area contributed by atoms with E-state index in [4.69, 9.17) is 11.6 Å². The summed E-state index contributed by atoms with van der Waals surface area (Å²) in [6.07, 6.45) is 0. The lowest BCUT2D eigenvalue weighted by Crippen LogP contribution is -2.40. The lowest BCUT2D eigenvalue weighted by molar-refractivity contribution is -0.118. The van der Waals surface area contributed by atoms with Gasteiger partial charge in [0.1, 0.15) is 0 Å². The van der Waals surface area contributed by atoms with Crippen LogP contribution in [-0.4, -0.2) is 11.4 Å². The average molecular weight is 162 g/mol. The molecule has 0 bridgehead atoms. The van der Waals surface area contributed by atoms with Gasteiger partial charge in [-0.05, 0) is 20.8 Å². The molecule has 3 heteroatoms. The molecule has 0 aliphatic rings. The summed E-state index contributed by atoms with van der Waals surface area (Å²) < 4.78 is 0. The van der Waals surface area contributed by atoms with Crippen LogP contribution in [0.15, 0.2) is 11.6 Å². The summed E-state index contributed by atoms with van der Waals surface area (Å²) >= 11 is 5.33. The Kier molecular flexibility index (Phi) is 2.91. The van der Waals surface area contributed by atoms with Crippen LogP contribution in [0.25, 0.3) is 0 Å². The molecule has 10 heavy (non-hydrogen) atoms. The standard InChI is InChI=1S/C7H12ClNO/c1-5(8)6(10)9-7(2,3)4/h1H2,2-4H3,(H,9,10). The van der Waals surface area contributed by atoms with Crippen LogP contribution in [0.2, 0.25) is 0 Å². The Morgan fingerprint density at radius 1 is 1.50 bits per heavy atom. The maximum absolute atomic E-state index is 10.8. The van der Waals surface area contributed by atoms with Crippen LogP contribution < -0.4 is 5.32 Å². The number of halogens is 1. The first kappa shape index (κ1) is 9.50. The minimum absolute atomic E-state index is 0.0231. The summed E-state index contributed by atoms with van der Waals surface area (Å²) in [5.74, 6) is -0.311. The van der Waals surface area contributed by atoms with Gasteiger partial charge in [0.25, 0.3) is 5.91 Å². The van der Waals surface area contributed by atoms with Crippen LogP contribution >= 0.6 is 11.6 Å². The van der Waals surface area contributed by atoms with Crippen molar-refractivity contribution in [1.29, 1.82) is 0 Å². The molecular weight excluding hydrogens is 150 g/mol. The highest BCUT2D eigenvalue weighted by Crippen LogP contribution is 2.03. The number of hydrogen-bond donors (Lipinski definition) is 1. The van der Waals surface area contributed by atoms with Gasteiger partial charge >= 0.3 is 0 Å². The molecule has 0 aliphatic heterocycles. The lowest BCUT2D eigenvalue weighted by Gasteiger charge is -2.19. The highest BCUT2D eigenvalue weighted by Gasteiger charge is 2.14. The second-order valence-electron chi connectivity index (χ2n) is 3.11. The molecule has 1 N–H and O–H groups in total. The Hall–Kier alpha value is -0.500. The maximum atomic E-state index is 10.8. The van der Waals surface area contributed by atoms with E-state index >= 15 is 0 Å². The first-order valence-electron chi connectivity index (χ1n) is 3.00. The molecule has 2 nitrogen and oxygen atoms in total. The minimum Gasteiger partial charge on any atom is -0.347 e. The van der Waals surface area contributed by atoms with E-state index in [1.165, 1.54) is 0 Å². The van der Waals surface area contributed by atoms with Gasteiger partial charge < -0.3 is 5.32 Å². The van der Waals surface area contributed by atoms with E-state index in [9.17, 15) is 4.79 Å². The van der Waals surface area contributed by atoms with Crippen LogP contribution in [0.5, 0.6) is 0 Å². The number of rotatable bonds is 1. The van der Waals surface area contributed by atoms with Crippen molar-refractivity contribution in [2.75, 3.05) is 0 Å². The van der Waals surface area contributed by atoms with Gasteiger partial charge in [-0.3, -0.25) is 4.79 Å². The van der Waals surface area contributed by atoms with Crippen molar-refractivity contribution in [3.8, 4) is 0 Å². The van der Waals surface area contributed by atoms with Crippen LogP contribution in [0, 0.1) is 0 Å². The molecule has 0 aromatic rings. The molecule has 0 aromatic carbocycles. The molecule has 0 rings (SSSR count). The second kappa shape index (κ2) is 3.06. The van der Waals surface area contributed by atoms with Crippen molar-refractivity contribution in [3.63, 3.8) is 0 Å². The first-order chi connectivity index (χ1) is 4.33. The lowest BCUT2D eigenvalue weighted by atomic mass is 10.1. The van der Waals surface area contributed by atoms with E-state index in [-0.39, 0.29) is 16.5 Å². The van der Waals surface area contributed by atoms with E-state index in [0.717, 1.165) is 0 Å². The van der Waals surface area contributed by atoms with Gasteiger partial charge in [-0.25, -0.2) is 0 Å². The first-order valence-corrected chi connectivity index (χ1v) is 3.37. The Morgan fingerprint density at radius 3 is 2.00 bits per heavy atom. The highest BCUT2D eigenvalue weighted by atomic mass is 35.5. The summed E-state index contributed by atoms with van der Waals surface area (Å²) in [4.78, 5) is 10.8. The van der Waals surface area contributed by atoms with Crippen molar-refractivity contribution in [2.24, 2.45) is 0 Å². The fourth-order valence-corrected chi connectivity index (χ4v) is 0.456. The van der Waals surface area contributed by atoms with Crippen molar-refractivity contribution >= 4 is 17.5 Å². The second-order valence-corrected chi connectivity index (χ2v) is 3.57. The van der Waals surface area contributed by atoms with Gasteiger partial charge in [0.2, 0.25) is 0 Å². The molecule has 0 aromatic heterocycles. The van der Waals surface area contributed by atoms with Crippen LogP contribution in [0.3, 0.4) is 0 Å². The highest BCUT2D eigenvalue weighted by molar-refractivity contribution is 6.41. The molecule has 0 spiro atoms. The van der Waals surface area contributed by atoms with E-state index in [1.807, 2.05) is 20.8 Å². The Bertz CT molecular complexity index is 157. The molecule has 0 saturated heterocycles. The molecule has 0 saturated carbocycles. The predicted octanol–water partition coefficient (Wildman–Crippen LogP) is 1.65. The summed E-state index contributed by atoms with van der Waals surface area (Å²) in [6.45, 7) is 8.93. The predicted molar refractivity (Wildman–Crippen MR) is 42.9 cm³/mol. The zero-order valence-electron chi connectivity index (χ0n) is 6.49. The molecule has 0 heterocycles. The van der Waals surface area contributed by atoms with Crippen molar-refractivity contribution in [1.82, 2.24) is 5.32 Å². The van der Waals surface area contributed by atoms with E-state index in [1.54, 1.807) is 0 Å². The quantitative estimate of drug-likeness (QED) is 0.583. The number of carbonyl (C=O) groups is 1. The molecular formula is C7H12ClNO. The molecule has 0 unspecified atom stereocenters. The SMILES string of the molecule is C=C(Cl)C(=O)NC(C)(C)C. The van der Waals surface area contributed by atoms with Gasteiger partial charge in [0, 0.05) is 5.54 Å². The average Bonchev–Trinajstić information content (AvgIpc) is 1.60. The third-order valence-corrected chi connectivity index (χ3v) is 0.907. The summed E-state index contributed by atoms with van der Waals surface area (Å²) in [5, 5.41) is 2.67. The van der Waals surface area contributed by atoms with Crippen LogP contribution in [-0.2, 0) is 4.79 Å². The molecule has 0 aliphatic carbocycles. The fourth-order valence-electron chi connectivity index (χ4n) is 0.408.